The van der Waals surface area contributed by atoms with Crippen LogP contribution in [0.15, 0.2) is 30.3 Å². The third-order valence-corrected chi connectivity index (χ3v) is 2.66. The second-order valence-corrected chi connectivity index (χ2v) is 4.18. The number of Topliss-reactive ketones (excluding diaryl/α,β-unsaturated/α-hetero) is 1. The van der Waals surface area contributed by atoms with E-state index in [1.165, 1.54) is 12.8 Å². The van der Waals surface area contributed by atoms with E-state index in [4.69, 9.17) is 0 Å². The Labute approximate surface area is 90.7 Å². The van der Waals surface area contributed by atoms with Crippen LogP contribution in [0.4, 0.5) is 0 Å². The molecule has 1 aliphatic rings. The first-order valence-corrected chi connectivity index (χ1v) is 5.63. The molecule has 15 heavy (non-hydrogen) atoms. The number of carbonyl (C=O) groups is 1. The van der Waals surface area contributed by atoms with E-state index in [1.807, 2.05) is 30.3 Å². The maximum Gasteiger partial charge on any atom is 0.138 e. The first kappa shape index (κ1) is 10.4. The van der Waals surface area contributed by atoms with E-state index in [0.29, 0.717) is 24.7 Å². The monoisotopic (exact) mass is 203 g/mol. The zero-order valence-electron chi connectivity index (χ0n) is 8.91. The Morgan fingerprint density at radius 2 is 2.00 bits per heavy atom. The van der Waals surface area contributed by atoms with Gasteiger partial charge in [-0.1, -0.05) is 30.3 Å². The first-order chi connectivity index (χ1) is 7.34. The molecular weight excluding hydrogens is 186 g/mol. The number of benzene rings is 1. The molecule has 0 unspecified atom stereocenters. The minimum absolute atomic E-state index is 0.328. The van der Waals surface area contributed by atoms with E-state index in [-0.39, 0.29) is 0 Å². The van der Waals surface area contributed by atoms with E-state index in [9.17, 15) is 4.79 Å². The minimum atomic E-state index is 0.328. The van der Waals surface area contributed by atoms with Crippen molar-refractivity contribution in [1.29, 1.82) is 0 Å². The smallest absolute Gasteiger partial charge is 0.138 e. The third-order valence-electron chi connectivity index (χ3n) is 2.66. The Balaban J connectivity index is 1.67. The molecule has 1 N–H and O–H groups in total. The van der Waals surface area contributed by atoms with Crippen LogP contribution in [0.25, 0.3) is 0 Å². The predicted octanol–water partition coefficient (Wildman–Crippen LogP) is 1.94. The van der Waals surface area contributed by atoms with Gasteiger partial charge in [0.2, 0.25) is 0 Å². The highest BCUT2D eigenvalue weighted by atomic mass is 16.1. The maximum absolute atomic E-state index is 11.6. The van der Waals surface area contributed by atoms with Gasteiger partial charge in [-0.2, -0.15) is 0 Å². The van der Waals surface area contributed by atoms with Gasteiger partial charge in [0.25, 0.3) is 0 Å². The molecule has 2 nitrogen and oxygen atoms in total. The Bertz CT molecular complexity index is 317. The number of ketones is 1. The summed E-state index contributed by atoms with van der Waals surface area (Å²) >= 11 is 0. The van der Waals surface area contributed by atoms with Crippen LogP contribution in [0.5, 0.6) is 0 Å². The molecule has 0 aliphatic heterocycles. The van der Waals surface area contributed by atoms with Gasteiger partial charge in [-0.25, -0.2) is 0 Å². The molecule has 1 aromatic rings. The van der Waals surface area contributed by atoms with Gasteiger partial charge < -0.3 is 5.32 Å². The fraction of sp³-hybridized carbons (Fsp3) is 0.462. The van der Waals surface area contributed by atoms with Crippen molar-refractivity contribution < 1.29 is 4.79 Å². The molecule has 1 saturated carbocycles. The van der Waals surface area contributed by atoms with Crippen molar-refractivity contribution in [2.24, 2.45) is 0 Å². The molecule has 2 rings (SSSR count). The van der Waals surface area contributed by atoms with E-state index in [0.717, 1.165) is 12.1 Å². The van der Waals surface area contributed by atoms with Gasteiger partial charge in [0.1, 0.15) is 5.78 Å². The van der Waals surface area contributed by atoms with Gasteiger partial charge in [-0.3, -0.25) is 4.79 Å². The SMILES string of the molecule is O=C(CCNC1CC1)Cc1ccccc1. The number of hydrogen-bond acceptors (Lipinski definition) is 2. The van der Waals surface area contributed by atoms with Crippen LogP contribution < -0.4 is 5.32 Å². The standard InChI is InChI=1S/C13H17NO/c15-13(8-9-14-12-6-7-12)10-11-4-2-1-3-5-11/h1-5,12,14H,6-10H2. The van der Waals surface area contributed by atoms with Crippen molar-refractivity contribution in [3.63, 3.8) is 0 Å². The average molecular weight is 203 g/mol. The van der Waals surface area contributed by atoms with Crippen LogP contribution in [0, 0.1) is 0 Å². The van der Waals surface area contributed by atoms with Crippen molar-refractivity contribution in [2.75, 3.05) is 6.54 Å². The largest absolute Gasteiger partial charge is 0.314 e. The molecular formula is C13H17NO. The zero-order chi connectivity index (χ0) is 10.5. The zero-order valence-corrected chi connectivity index (χ0v) is 8.91. The van der Waals surface area contributed by atoms with Crippen molar-refractivity contribution in [1.82, 2.24) is 5.32 Å². The highest BCUT2D eigenvalue weighted by Crippen LogP contribution is 2.18. The highest BCUT2D eigenvalue weighted by molar-refractivity contribution is 5.80. The van der Waals surface area contributed by atoms with Crippen LogP contribution in [-0.2, 0) is 11.2 Å². The average Bonchev–Trinajstić information content (AvgIpc) is 3.03. The molecule has 1 aliphatic carbocycles. The summed E-state index contributed by atoms with van der Waals surface area (Å²) in [7, 11) is 0. The van der Waals surface area contributed by atoms with Crippen LogP contribution in [0.3, 0.4) is 0 Å². The summed E-state index contributed by atoms with van der Waals surface area (Å²) in [5.41, 5.74) is 1.12. The second-order valence-electron chi connectivity index (χ2n) is 4.18. The van der Waals surface area contributed by atoms with Crippen LogP contribution in [0.1, 0.15) is 24.8 Å². The molecule has 80 valence electrons. The summed E-state index contributed by atoms with van der Waals surface area (Å²) in [5.74, 6) is 0.328. The van der Waals surface area contributed by atoms with E-state index >= 15 is 0 Å². The minimum Gasteiger partial charge on any atom is -0.314 e. The van der Waals surface area contributed by atoms with Crippen LogP contribution >= 0.6 is 0 Å². The van der Waals surface area contributed by atoms with Gasteiger partial charge in [-0.05, 0) is 18.4 Å². The van der Waals surface area contributed by atoms with Crippen molar-refractivity contribution >= 4 is 5.78 Å². The van der Waals surface area contributed by atoms with Gasteiger partial charge >= 0.3 is 0 Å². The Morgan fingerprint density at radius 1 is 1.27 bits per heavy atom. The molecule has 2 heteroatoms. The fourth-order valence-corrected chi connectivity index (χ4v) is 1.62. The summed E-state index contributed by atoms with van der Waals surface area (Å²) in [5, 5.41) is 3.35. The Hall–Kier alpha value is -1.15. The molecule has 1 fully saturated rings. The van der Waals surface area contributed by atoms with E-state index in [2.05, 4.69) is 5.32 Å². The summed E-state index contributed by atoms with van der Waals surface area (Å²) in [6.07, 6.45) is 3.80. The number of carbonyl (C=O) groups excluding carboxylic acids is 1. The van der Waals surface area contributed by atoms with Gasteiger partial charge in [0, 0.05) is 25.4 Å². The van der Waals surface area contributed by atoms with Crippen molar-refractivity contribution in [3.8, 4) is 0 Å². The lowest BCUT2D eigenvalue weighted by Crippen LogP contribution is -2.20. The number of rotatable bonds is 6. The Morgan fingerprint density at radius 3 is 2.67 bits per heavy atom. The summed E-state index contributed by atoms with van der Waals surface area (Å²) < 4.78 is 0. The van der Waals surface area contributed by atoms with Crippen molar-refractivity contribution in [3.05, 3.63) is 35.9 Å². The number of nitrogens with one attached hydrogen (secondary N) is 1. The molecule has 0 heterocycles. The quantitative estimate of drug-likeness (QED) is 0.765. The van der Waals surface area contributed by atoms with Gasteiger partial charge in [0.15, 0.2) is 0 Å². The van der Waals surface area contributed by atoms with E-state index < -0.39 is 0 Å². The van der Waals surface area contributed by atoms with Crippen molar-refractivity contribution in [2.45, 2.75) is 31.7 Å². The number of hydrogen-bond donors (Lipinski definition) is 1. The van der Waals surface area contributed by atoms with Gasteiger partial charge in [-0.15, -0.1) is 0 Å². The lowest BCUT2D eigenvalue weighted by Gasteiger charge is -2.02. The summed E-state index contributed by atoms with van der Waals surface area (Å²) in [4.78, 5) is 11.6. The molecule has 0 radical (unpaired) electrons. The molecule has 0 atom stereocenters. The molecule has 0 bridgehead atoms. The third kappa shape index (κ3) is 3.84. The lowest BCUT2D eigenvalue weighted by atomic mass is 10.1. The van der Waals surface area contributed by atoms with Crippen LogP contribution in [-0.4, -0.2) is 18.4 Å². The topological polar surface area (TPSA) is 29.1 Å². The van der Waals surface area contributed by atoms with Gasteiger partial charge in [0.05, 0.1) is 0 Å². The second kappa shape index (κ2) is 5.08. The predicted molar refractivity (Wildman–Crippen MR) is 60.8 cm³/mol. The lowest BCUT2D eigenvalue weighted by molar-refractivity contribution is -0.118. The molecule has 0 spiro atoms. The normalized spacial score (nSPS) is 15.2. The maximum atomic E-state index is 11.6. The molecule has 0 aromatic heterocycles. The fourth-order valence-electron chi connectivity index (χ4n) is 1.62. The van der Waals surface area contributed by atoms with E-state index in [1.54, 1.807) is 0 Å². The Kier molecular flexibility index (Phi) is 3.51. The highest BCUT2D eigenvalue weighted by Gasteiger charge is 2.19. The molecule has 0 amide bonds. The molecule has 1 aromatic carbocycles. The summed E-state index contributed by atoms with van der Waals surface area (Å²) in [6.45, 7) is 0.844. The molecule has 0 saturated heterocycles. The summed E-state index contributed by atoms with van der Waals surface area (Å²) in [6, 6.07) is 10.6. The first-order valence-electron chi connectivity index (χ1n) is 5.63. The van der Waals surface area contributed by atoms with Crippen LogP contribution in [0.2, 0.25) is 0 Å².